The van der Waals surface area contributed by atoms with E-state index >= 15 is 0 Å². The lowest BCUT2D eigenvalue weighted by Gasteiger charge is -2.09. The molecule has 3 aromatic rings. The summed E-state index contributed by atoms with van der Waals surface area (Å²) in [5, 5.41) is 9.72. The minimum atomic E-state index is -0.236. The van der Waals surface area contributed by atoms with Crippen molar-refractivity contribution >= 4 is 34.1 Å². The highest BCUT2D eigenvalue weighted by Gasteiger charge is 2.10. The molecule has 0 aliphatic rings. The second-order valence-corrected chi connectivity index (χ2v) is 6.44. The van der Waals surface area contributed by atoms with Crippen LogP contribution in [0.1, 0.15) is 5.82 Å². The number of aromatic amines is 1. The number of hydrogen-bond donors (Lipinski definition) is 2. The van der Waals surface area contributed by atoms with Crippen molar-refractivity contribution < 1.29 is 9.53 Å². The number of para-hydroxylation sites is 1. The maximum absolute atomic E-state index is 12.0. The summed E-state index contributed by atoms with van der Waals surface area (Å²) in [4.78, 5) is 12.0. The summed E-state index contributed by atoms with van der Waals surface area (Å²) < 4.78 is 8.63. The quantitative estimate of drug-likeness (QED) is 0.601. The lowest BCUT2D eigenvalue weighted by molar-refractivity contribution is -0.123. The molecular weight excluding hydrogens is 404 g/mol. The van der Waals surface area contributed by atoms with Crippen LogP contribution in [0.4, 0.5) is 0 Å². The lowest BCUT2D eigenvalue weighted by atomic mass is 10.3. The summed E-state index contributed by atoms with van der Waals surface area (Å²) >= 11 is 8.68. The van der Waals surface area contributed by atoms with Crippen molar-refractivity contribution in [1.82, 2.24) is 20.1 Å². The SMILES string of the molecule is O=C(COc1ccccc1)NCc1n[nH]c(=S)n1-c1ccc(Br)cc1. The van der Waals surface area contributed by atoms with Gasteiger partial charge in [0.25, 0.3) is 5.91 Å². The molecule has 1 aromatic heterocycles. The smallest absolute Gasteiger partial charge is 0.258 e. The van der Waals surface area contributed by atoms with Crippen LogP contribution in [0.15, 0.2) is 59.1 Å². The van der Waals surface area contributed by atoms with Gasteiger partial charge in [-0.1, -0.05) is 34.1 Å². The van der Waals surface area contributed by atoms with Crippen molar-refractivity contribution in [2.45, 2.75) is 6.54 Å². The minimum Gasteiger partial charge on any atom is -0.484 e. The van der Waals surface area contributed by atoms with Gasteiger partial charge in [0.1, 0.15) is 5.75 Å². The van der Waals surface area contributed by atoms with E-state index in [2.05, 4.69) is 31.4 Å². The summed E-state index contributed by atoms with van der Waals surface area (Å²) in [6.45, 7) is 0.174. The molecule has 0 bridgehead atoms. The van der Waals surface area contributed by atoms with Gasteiger partial charge < -0.3 is 10.1 Å². The fourth-order valence-corrected chi connectivity index (χ4v) is 2.72. The molecule has 0 radical (unpaired) electrons. The van der Waals surface area contributed by atoms with E-state index < -0.39 is 0 Å². The first-order valence-corrected chi connectivity index (χ1v) is 8.70. The Bertz CT molecular complexity index is 906. The monoisotopic (exact) mass is 418 g/mol. The summed E-state index contributed by atoms with van der Waals surface area (Å²) in [7, 11) is 0. The Balaban J connectivity index is 1.63. The second kappa shape index (κ2) is 8.09. The molecule has 6 nitrogen and oxygen atoms in total. The fraction of sp³-hybridized carbons (Fsp3) is 0.118. The molecule has 0 saturated heterocycles. The van der Waals surface area contributed by atoms with E-state index in [1.165, 1.54) is 0 Å². The number of amides is 1. The molecule has 0 unspecified atom stereocenters. The standard InChI is InChI=1S/C17H15BrN4O2S/c18-12-6-8-13(9-7-12)22-15(20-21-17(22)25)10-19-16(23)11-24-14-4-2-1-3-5-14/h1-9H,10-11H2,(H,19,23)(H,21,25). The molecule has 0 spiro atoms. The van der Waals surface area contributed by atoms with Crippen LogP contribution in [-0.2, 0) is 11.3 Å². The van der Waals surface area contributed by atoms with Crippen molar-refractivity contribution in [1.29, 1.82) is 0 Å². The first kappa shape index (κ1) is 17.4. The molecule has 0 atom stereocenters. The van der Waals surface area contributed by atoms with Crippen LogP contribution in [0.25, 0.3) is 5.69 Å². The Morgan fingerprint density at radius 1 is 1.20 bits per heavy atom. The topological polar surface area (TPSA) is 71.9 Å². The van der Waals surface area contributed by atoms with Gasteiger partial charge in [-0.3, -0.25) is 14.5 Å². The number of H-pyrrole nitrogens is 1. The van der Waals surface area contributed by atoms with Gasteiger partial charge in [0.15, 0.2) is 17.2 Å². The van der Waals surface area contributed by atoms with E-state index in [0.717, 1.165) is 10.2 Å². The molecule has 2 N–H and O–H groups in total. The minimum absolute atomic E-state index is 0.0621. The van der Waals surface area contributed by atoms with Crippen LogP contribution in [0, 0.1) is 4.77 Å². The largest absolute Gasteiger partial charge is 0.484 e. The Morgan fingerprint density at radius 2 is 1.92 bits per heavy atom. The zero-order valence-electron chi connectivity index (χ0n) is 13.1. The van der Waals surface area contributed by atoms with Crippen LogP contribution in [0.5, 0.6) is 5.75 Å². The predicted molar refractivity (Wildman–Crippen MR) is 100 cm³/mol. The van der Waals surface area contributed by atoms with Crippen LogP contribution in [0.3, 0.4) is 0 Å². The number of carbonyl (C=O) groups is 1. The van der Waals surface area contributed by atoms with E-state index in [-0.39, 0.29) is 19.1 Å². The van der Waals surface area contributed by atoms with Gasteiger partial charge in [-0.05, 0) is 48.6 Å². The number of hydrogen-bond acceptors (Lipinski definition) is 4. The van der Waals surface area contributed by atoms with Crippen molar-refractivity contribution in [2.75, 3.05) is 6.61 Å². The van der Waals surface area contributed by atoms with Gasteiger partial charge in [0, 0.05) is 10.2 Å². The number of aromatic nitrogens is 3. The number of nitrogens with zero attached hydrogens (tertiary/aromatic N) is 2. The number of nitrogens with one attached hydrogen (secondary N) is 2. The van der Waals surface area contributed by atoms with E-state index in [9.17, 15) is 4.79 Å². The number of benzene rings is 2. The van der Waals surface area contributed by atoms with Gasteiger partial charge in [0.05, 0.1) is 6.54 Å². The molecule has 25 heavy (non-hydrogen) atoms. The maximum Gasteiger partial charge on any atom is 0.258 e. The maximum atomic E-state index is 12.0. The van der Waals surface area contributed by atoms with Crippen molar-refractivity contribution in [3.8, 4) is 11.4 Å². The Kier molecular flexibility index (Phi) is 5.62. The van der Waals surface area contributed by atoms with Crippen LogP contribution < -0.4 is 10.1 Å². The first-order valence-electron chi connectivity index (χ1n) is 7.50. The predicted octanol–water partition coefficient (Wildman–Crippen LogP) is 3.39. The molecule has 8 heteroatoms. The third-order valence-electron chi connectivity index (χ3n) is 3.38. The molecule has 2 aromatic carbocycles. The van der Waals surface area contributed by atoms with Crippen molar-refractivity contribution in [3.05, 3.63) is 69.7 Å². The molecule has 0 aliphatic heterocycles. The summed E-state index contributed by atoms with van der Waals surface area (Å²) in [5.74, 6) is 1.02. The Hall–Kier alpha value is -2.45. The molecule has 1 heterocycles. The zero-order chi connectivity index (χ0) is 17.6. The second-order valence-electron chi connectivity index (χ2n) is 5.14. The highest BCUT2D eigenvalue weighted by molar-refractivity contribution is 9.10. The normalized spacial score (nSPS) is 10.4. The molecule has 128 valence electrons. The average molecular weight is 419 g/mol. The van der Waals surface area contributed by atoms with Crippen LogP contribution in [-0.4, -0.2) is 27.3 Å². The third-order valence-corrected chi connectivity index (χ3v) is 4.19. The van der Waals surface area contributed by atoms with Crippen molar-refractivity contribution in [3.63, 3.8) is 0 Å². The highest BCUT2D eigenvalue weighted by atomic mass is 79.9. The Morgan fingerprint density at radius 3 is 2.64 bits per heavy atom. The third kappa shape index (κ3) is 4.55. The van der Waals surface area contributed by atoms with Gasteiger partial charge in [0.2, 0.25) is 0 Å². The fourth-order valence-electron chi connectivity index (χ4n) is 2.20. The van der Waals surface area contributed by atoms with Gasteiger partial charge in [-0.2, -0.15) is 5.10 Å². The number of halogens is 1. The molecule has 3 rings (SSSR count). The molecule has 0 fully saturated rings. The van der Waals surface area contributed by atoms with Gasteiger partial charge in [-0.25, -0.2) is 0 Å². The number of rotatable bonds is 6. The van der Waals surface area contributed by atoms with E-state index in [1.54, 1.807) is 16.7 Å². The summed E-state index contributed by atoms with van der Waals surface area (Å²) in [5.41, 5.74) is 0.867. The lowest BCUT2D eigenvalue weighted by Crippen LogP contribution is -2.29. The molecule has 0 saturated carbocycles. The number of ether oxygens (including phenoxy) is 1. The van der Waals surface area contributed by atoms with Crippen LogP contribution >= 0.6 is 28.1 Å². The Labute approximate surface area is 158 Å². The highest BCUT2D eigenvalue weighted by Crippen LogP contribution is 2.15. The number of carbonyl (C=O) groups excluding carboxylic acids is 1. The molecule has 0 aliphatic carbocycles. The van der Waals surface area contributed by atoms with E-state index in [4.69, 9.17) is 17.0 Å². The summed E-state index contributed by atoms with van der Waals surface area (Å²) in [6, 6.07) is 16.8. The first-order chi connectivity index (χ1) is 12.1. The molecular formula is C17H15BrN4O2S. The van der Waals surface area contributed by atoms with E-state index in [1.807, 2.05) is 42.5 Å². The van der Waals surface area contributed by atoms with Gasteiger partial charge >= 0.3 is 0 Å². The van der Waals surface area contributed by atoms with E-state index in [0.29, 0.717) is 16.3 Å². The van der Waals surface area contributed by atoms with Gasteiger partial charge in [-0.15, -0.1) is 0 Å². The zero-order valence-corrected chi connectivity index (χ0v) is 15.5. The van der Waals surface area contributed by atoms with Crippen molar-refractivity contribution in [2.24, 2.45) is 0 Å². The average Bonchev–Trinajstić information content (AvgIpc) is 3.00. The summed E-state index contributed by atoms with van der Waals surface area (Å²) in [6.07, 6.45) is 0. The van der Waals surface area contributed by atoms with Crippen LogP contribution in [0.2, 0.25) is 0 Å². The molecule has 1 amide bonds.